The Hall–Kier alpha value is -2.77. The quantitative estimate of drug-likeness (QED) is 0.572. The molecule has 0 bridgehead atoms. The molecule has 3 rings (SSSR count). The molecule has 27 heavy (non-hydrogen) atoms. The number of para-hydroxylation sites is 2. The highest BCUT2D eigenvalue weighted by molar-refractivity contribution is 5.80. The number of halogens is 2. The molecule has 146 valence electrons. The summed E-state index contributed by atoms with van der Waals surface area (Å²) in [5, 5.41) is 6.62. The van der Waals surface area contributed by atoms with Gasteiger partial charge in [0.15, 0.2) is 5.96 Å². The molecule has 6 nitrogen and oxygen atoms in total. The van der Waals surface area contributed by atoms with Crippen molar-refractivity contribution in [2.45, 2.75) is 32.5 Å². The van der Waals surface area contributed by atoms with Gasteiger partial charge in [0, 0.05) is 25.7 Å². The van der Waals surface area contributed by atoms with Crippen LogP contribution in [-0.2, 0) is 6.54 Å². The molecule has 0 aliphatic carbocycles. The summed E-state index contributed by atoms with van der Waals surface area (Å²) < 4.78 is 35.2. The van der Waals surface area contributed by atoms with E-state index in [2.05, 4.69) is 20.4 Å². The fourth-order valence-corrected chi connectivity index (χ4v) is 3.08. The van der Waals surface area contributed by atoms with E-state index in [4.69, 9.17) is 4.42 Å². The Morgan fingerprint density at radius 2 is 2.19 bits per heavy atom. The molecule has 1 unspecified atom stereocenters. The second-order valence-corrected chi connectivity index (χ2v) is 6.20. The van der Waals surface area contributed by atoms with E-state index in [0.717, 1.165) is 25.3 Å². The number of hydrogen-bond acceptors (Lipinski definition) is 4. The van der Waals surface area contributed by atoms with Gasteiger partial charge in [-0.05, 0) is 37.6 Å². The summed E-state index contributed by atoms with van der Waals surface area (Å²) in [7, 11) is 0. The summed E-state index contributed by atoms with van der Waals surface area (Å²) in [4.78, 5) is 6.58. The van der Waals surface area contributed by atoms with Crippen LogP contribution in [0, 0.1) is 0 Å². The van der Waals surface area contributed by atoms with E-state index in [-0.39, 0.29) is 11.8 Å². The highest BCUT2D eigenvalue weighted by atomic mass is 19.3. The maximum atomic E-state index is 12.6. The minimum absolute atomic E-state index is 0.152. The topological polar surface area (TPSA) is 62.0 Å². The number of ether oxygens (including phenoxy) is 1. The summed E-state index contributed by atoms with van der Waals surface area (Å²) in [6.45, 7) is 1.78. The second kappa shape index (κ2) is 9.25. The number of furan rings is 1. The van der Waals surface area contributed by atoms with Crippen molar-refractivity contribution in [2.75, 3.05) is 24.5 Å². The molecule has 1 fully saturated rings. The van der Waals surface area contributed by atoms with E-state index in [9.17, 15) is 8.78 Å². The zero-order valence-corrected chi connectivity index (χ0v) is 15.2. The zero-order valence-electron chi connectivity index (χ0n) is 15.2. The smallest absolute Gasteiger partial charge is 0.387 e. The first kappa shape index (κ1) is 19.0. The average Bonchev–Trinajstić information content (AvgIpc) is 3.32. The maximum Gasteiger partial charge on any atom is 0.387 e. The van der Waals surface area contributed by atoms with Crippen molar-refractivity contribution in [2.24, 2.45) is 4.99 Å². The predicted molar refractivity (Wildman–Crippen MR) is 100 cm³/mol. The number of aliphatic imine (C=N–C) groups is 1. The van der Waals surface area contributed by atoms with Crippen LogP contribution in [0.4, 0.5) is 14.5 Å². The SMILES string of the molecule is CCNC(=NCc1ccco1)NC1CCN(c2ccccc2OC(F)F)C1. The van der Waals surface area contributed by atoms with Crippen LogP contribution < -0.4 is 20.3 Å². The molecular weight excluding hydrogens is 354 g/mol. The minimum atomic E-state index is -2.84. The van der Waals surface area contributed by atoms with Gasteiger partial charge in [0.05, 0.1) is 12.0 Å². The Morgan fingerprint density at radius 3 is 2.93 bits per heavy atom. The highest BCUT2D eigenvalue weighted by Gasteiger charge is 2.26. The summed E-state index contributed by atoms with van der Waals surface area (Å²) in [5.41, 5.74) is 0.680. The molecule has 1 aliphatic rings. The van der Waals surface area contributed by atoms with Crippen LogP contribution in [0.5, 0.6) is 5.75 Å². The molecule has 1 aromatic heterocycles. The molecule has 1 saturated heterocycles. The molecule has 2 N–H and O–H groups in total. The Labute approximate surface area is 157 Å². The van der Waals surface area contributed by atoms with Gasteiger partial charge in [-0.15, -0.1) is 0 Å². The van der Waals surface area contributed by atoms with Crippen molar-refractivity contribution >= 4 is 11.6 Å². The van der Waals surface area contributed by atoms with Crippen molar-refractivity contribution in [1.29, 1.82) is 0 Å². The van der Waals surface area contributed by atoms with Gasteiger partial charge in [0.25, 0.3) is 0 Å². The van der Waals surface area contributed by atoms with Gasteiger partial charge >= 0.3 is 6.61 Å². The van der Waals surface area contributed by atoms with Crippen molar-refractivity contribution in [3.8, 4) is 5.75 Å². The lowest BCUT2D eigenvalue weighted by Gasteiger charge is -2.22. The van der Waals surface area contributed by atoms with Crippen LogP contribution >= 0.6 is 0 Å². The number of rotatable bonds is 7. The first-order chi connectivity index (χ1) is 13.2. The van der Waals surface area contributed by atoms with Crippen LogP contribution in [0.15, 0.2) is 52.1 Å². The van der Waals surface area contributed by atoms with Gasteiger partial charge in [-0.25, -0.2) is 4.99 Å². The van der Waals surface area contributed by atoms with E-state index in [1.165, 1.54) is 0 Å². The monoisotopic (exact) mass is 378 g/mol. The standard InChI is InChI=1S/C19H24F2N4O2/c1-2-22-19(23-12-15-6-5-11-26-15)24-14-9-10-25(13-14)16-7-3-4-8-17(16)27-18(20)21/h3-8,11,14,18H,2,9-10,12-13H2,1H3,(H2,22,23,24). The molecule has 2 heterocycles. The highest BCUT2D eigenvalue weighted by Crippen LogP contribution is 2.31. The Kier molecular flexibility index (Phi) is 6.51. The first-order valence-electron chi connectivity index (χ1n) is 9.01. The van der Waals surface area contributed by atoms with E-state index in [1.54, 1.807) is 24.5 Å². The van der Waals surface area contributed by atoms with E-state index >= 15 is 0 Å². The molecule has 1 aliphatic heterocycles. The van der Waals surface area contributed by atoms with Gasteiger partial charge < -0.3 is 24.7 Å². The summed E-state index contributed by atoms with van der Waals surface area (Å²) >= 11 is 0. The van der Waals surface area contributed by atoms with Gasteiger partial charge in [-0.3, -0.25) is 0 Å². The lowest BCUT2D eigenvalue weighted by atomic mass is 10.2. The molecule has 0 spiro atoms. The third-order valence-corrected chi connectivity index (χ3v) is 4.27. The largest absolute Gasteiger partial charge is 0.467 e. The minimum Gasteiger partial charge on any atom is -0.467 e. The van der Waals surface area contributed by atoms with Crippen LogP contribution in [0.1, 0.15) is 19.1 Å². The number of nitrogens with zero attached hydrogens (tertiary/aromatic N) is 2. The average molecular weight is 378 g/mol. The molecule has 1 atom stereocenters. The number of hydrogen-bond donors (Lipinski definition) is 2. The number of guanidine groups is 1. The summed E-state index contributed by atoms with van der Waals surface area (Å²) in [6.07, 6.45) is 2.49. The van der Waals surface area contributed by atoms with Gasteiger partial charge in [0.2, 0.25) is 0 Å². The maximum absolute atomic E-state index is 12.6. The van der Waals surface area contributed by atoms with Crippen molar-refractivity contribution in [3.05, 3.63) is 48.4 Å². The number of benzene rings is 1. The lowest BCUT2D eigenvalue weighted by molar-refractivity contribution is -0.0495. The van der Waals surface area contributed by atoms with Crippen molar-refractivity contribution in [1.82, 2.24) is 10.6 Å². The Balaban J connectivity index is 1.62. The first-order valence-corrected chi connectivity index (χ1v) is 9.01. The molecular formula is C19H24F2N4O2. The number of nitrogens with one attached hydrogen (secondary N) is 2. The van der Waals surface area contributed by atoms with E-state index < -0.39 is 6.61 Å². The molecule has 0 saturated carbocycles. The van der Waals surface area contributed by atoms with E-state index in [1.807, 2.05) is 30.0 Å². The Morgan fingerprint density at radius 1 is 1.33 bits per heavy atom. The van der Waals surface area contributed by atoms with Crippen LogP contribution in [0.2, 0.25) is 0 Å². The third-order valence-electron chi connectivity index (χ3n) is 4.27. The number of anilines is 1. The number of alkyl halides is 2. The van der Waals surface area contributed by atoms with Crippen molar-refractivity contribution < 1.29 is 17.9 Å². The summed E-state index contributed by atoms with van der Waals surface area (Å²) in [6, 6.07) is 10.7. The molecule has 0 radical (unpaired) electrons. The fraction of sp³-hybridized carbons (Fsp3) is 0.421. The molecule has 8 heteroatoms. The van der Waals surface area contributed by atoms with Crippen LogP contribution in [0.3, 0.4) is 0 Å². The second-order valence-electron chi connectivity index (χ2n) is 6.20. The molecule has 2 aromatic rings. The van der Waals surface area contributed by atoms with Gasteiger partial charge in [-0.1, -0.05) is 12.1 Å². The summed E-state index contributed by atoms with van der Waals surface area (Å²) in [5.74, 6) is 1.70. The Bertz CT molecular complexity index is 737. The molecule has 0 amide bonds. The van der Waals surface area contributed by atoms with Crippen molar-refractivity contribution in [3.63, 3.8) is 0 Å². The van der Waals surface area contributed by atoms with Crippen LogP contribution in [0.25, 0.3) is 0 Å². The van der Waals surface area contributed by atoms with E-state index in [0.29, 0.717) is 24.7 Å². The van der Waals surface area contributed by atoms with Gasteiger partial charge in [-0.2, -0.15) is 8.78 Å². The molecule has 1 aromatic carbocycles. The zero-order chi connectivity index (χ0) is 19.1. The fourth-order valence-electron chi connectivity index (χ4n) is 3.08. The van der Waals surface area contributed by atoms with Gasteiger partial charge in [0.1, 0.15) is 18.1 Å². The predicted octanol–water partition coefficient (Wildman–Crippen LogP) is 3.22. The lowest BCUT2D eigenvalue weighted by Crippen LogP contribution is -2.44. The third kappa shape index (κ3) is 5.35. The normalized spacial score (nSPS) is 17.4. The van der Waals surface area contributed by atoms with Crippen LogP contribution in [-0.4, -0.2) is 38.2 Å².